The molecule has 5 nitrogen and oxygen atoms in total. The van der Waals surface area contributed by atoms with E-state index in [0.717, 1.165) is 12.0 Å². The molecule has 0 atom stereocenters. The normalized spacial score (nSPS) is 11.4. The van der Waals surface area contributed by atoms with Crippen LogP contribution in [0.2, 0.25) is 0 Å². The molecular formula is C31H51NO4. The Balaban J connectivity index is 1.98. The SMILES string of the molecule is CCCCCCCCCCCCCCCCC=Cc1ccc(C(=O)CCONCCCC(=O)O)cc1. The highest BCUT2D eigenvalue weighted by atomic mass is 16.6. The van der Waals surface area contributed by atoms with Crippen LogP contribution in [0.1, 0.15) is 138 Å². The maximum Gasteiger partial charge on any atom is 0.303 e. The first kappa shape index (κ1) is 32.0. The van der Waals surface area contributed by atoms with E-state index in [1.54, 1.807) is 0 Å². The fourth-order valence-corrected chi connectivity index (χ4v) is 4.20. The summed E-state index contributed by atoms with van der Waals surface area (Å²) >= 11 is 0. The number of carboxylic acid groups (broad SMARTS) is 1. The number of ketones is 1. The largest absolute Gasteiger partial charge is 0.481 e. The fourth-order valence-electron chi connectivity index (χ4n) is 4.20. The number of Topliss-reactive ketones (excluding diaryl/α,β-unsaturated/α-hetero) is 1. The van der Waals surface area contributed by atoms with Gasteiger partial charge in [0.05, 0.1) is 6.61 Å². The number of hydrogen-bond acceptors (Lipinski definition) is 4. The van der Waals surface area contributed by atoms with Crippen LogP contribution in [0.3, 0.4) is 0 Å². The van der Waals surface area contributed by atoms with Crippen molar-refractivity contribution in [1.29, 1.82) is 0 Å². The third-order valence-corrected chi connectivity index (χ3v) is 6.47. The van der Waals surface area contributed by atoms with Crippen molar-refractivity contribution in [3.63, 3.8) is 0 Å². The van der Waals surface area contributed by atoms with E-state index >= 15 is 0 Å². The summed E-state index contributed by atoms with van der Waals surface area (Å²) in [7, 11) is 0. The molecule has 0 amide bonds. The van der Waals surface area contributed by atoms with E-state index in [0.29, 0.717) is 24.9 Å². The van der Waals surface area contributed by atoms with Gasteiger partial charge in [-0.3, -0.25) is 9.59 Å². The van der Waals surface area contributed by atoms with Gasteiger partial charge in [-0.1, -0.05) is 127 Å². The number of hydroxylamine groups is 1. The van der Waals surface area contributed by atoms with E-state index in [9.17, 15) is 9.59 Å². The smallest absolute Gasteiger partial charge is 0.303 e. The van der Waals surface area contributed by atoms with Crippen LogP contribution in [0.25, 0.3) is 6.08 Å². The van der Waals surface area contributed by atoms with Gasteiger partial charge in [0.15, 0.2) is 5.78 Å². The zero-order valence-electron chi connectivity index (χ0n) is 22.8. The molecular weight excluding hydrogens is 450 g/mol. The number of unbranched alkanes of at least 4 members (excludes halogenated alkanes) is 14. The van der Waals surface area contributed by atoms with Crippen LogP contribution in [0, 0.1) is 0 Å². The lowest BCUT2D eigenvalue weighted by Crippen LogP contribution is -2.19. The number of rotatable bonds is 25. The van der Waals surface area contributed by atoms with Crippen molar-refractivity contribution in [3.05, 3.63) is 41.5 Å². The van der Waals surface area contributed by atoms with E-state index in [1.165, 1.54) is 89.9 Å². The molecule has 0 bridgehead atoms. The van der Waals surface area contributed by atoms with Crippen LogP contribution < -0.4 is 5.48 Å². The molecule has 0 saturated heterocycles. The Morgan fingerprint density at radius 2 is 1.33 bits per heavy atom. The number of allylic oxidation sites excluding steroid dienone is 1. The van der Waals surface area contributed by atoms with E-state index in [-0.39, 0.29) is 18.8 Å². The molecule has 0 fully saturated rings. The highest BCUT2D eigenvalue weighted by Crippen LogP contribution is 2.14. The summed E-state index contributed by atoms with van der Waals surface area (Å²) in [6.45, 7) is 3.01. The minimum absolute atomic E-state index is 0.0419. The zero-order chi connectivity index (χ0) is 26.1. The highest BCUT2D eigenvalue weighted by molar-refractivity contribution is 5.96. The van der Waals surface area contributed by atoms with Crippen molar-refractivity contribution >= 4 is 17.8 Å². The monoisotopic (exact) mass is 501 g/mol. The van der Waals surface area contributed by atoms with Gasteiger partial charge in [-0.2, -0.15) is 0 Å². The number of benzene rings is 1. The predicted octanol–water partition coefficient (Wildman–Crippen LogP) is 8.53. The van der Waals surface area contributed by atoms with Crippen LogP contribution in [0.5, 0.6) is 0 Å². The molecule has 1 rings (SSSR count). The summed E-state index contributed by atoms with van der Waals surface area (Å²) in [5, 5.41) is 8.57. The van der Waals surface area contributed by atoms with Crippen molar-refractivity contribution in [1.82, 2.24) is 5.48 Å². The molecule has 36 heavy (non-hydrogen) atoms. The average molecular weight is 502 g/mol. The van der Waals surface area contributed by atoms with Crippen LogP contribution in [0.15, 0.2) is 30.3 Å². The Hall–Kier alpha value is -1.98. The van der Waals surface area contributed by atoms with Gasteiger partial charge in [-0.15, -0.1) is 0 Å². The molecule has 0 aliphatic carbocycles. The number of carbonyl (C=O) groups excluding carboxylic acids is 1. The second-order valence-electron chi connectivity index (χ2n) is 9.82. The van der Waals surface area contributed by atoms with Crippen molar-refractivity contribution in [3.8, 4) is 0 Å². The number of carbonyl (C=O) groups is 2. The standard InChI is InChI=1S/C31H51NO4/c1-2-3-4-5-6-7-8-9-10-11-12-13-14-15-16-17-19-28-21-23-29(24-22-28)30(33)25-27-36-32-26-18-20-31(34)35/h17,19,21-24,32H,2-16,18,20,25-27H2,1H3,(H,34,35). The second-order valence-corrected chi connectivity index (χ2v) is 9.82. The highest BCUT2D eigenvalue weighted by Gasteiger charge is 2.05. The second kappa shape index (κ2) is 23.4. The van der Waals surface area contributed by atoms with Gasteiger partial charge >= 0.3 is 5.97 Å². The predicted molar refractivity (Wildman–Crippen MR) is 150 cm³/mol. The molecule has 0 heterocycles. The lowest BCUT2D eigenvalue weighted by atomic mass is 10.0. The summed E-state index contributed by atoms with van der Waals surface area (Å²) in [6, 6.07) is 7.71. The quantitative estimate of drug-likeness (QED) is 0.0797. The molecule has 5 heteroatoms. The maximum absolute atomic E-state index is 12.2. The van der Waals surface area contributed by atoms with E-state index in [2.05, 4.69) is 24.6 Å². The molecule has 0 radical (unpaired) electrons. The molecule has 2 N–H and O–H groups in total. The molecule has 0 spiro atoms. The van der Waals surface area contributed by atoms with Crippen LogP contribution in [-0.2, 0) is 9.63 Å². The van der Waals surface area contributed by atoms with Gasteiger partial charge in [-0.25, -0.2) is 5.48 Å². The van der Waals surface area contributed by atoms with Crippen molar-refractivity contribution in [2.75, 3.05) is 13.2 Å². The lowest BCUT2D eigenvalue weighted by Gasteiger charge is -2.05. The molecule has 0 saturated carbocycles. The van der Waals surface area contributed by atoms with Gasteiger partial charge < -0.3 is 9.94 Å². The van der Waals surface area contributed by atoms with Crippen LogP contribution in [0.4, 0.5) is 0 Å². The molecule has 0 aliphatic heterocycles. The third kappa shape index (κ3) is 19.2. The molecule has 0 unspecified atom stereocenters. The third-order valence-electron chi connectivity index (χ3n) is 6.47. The minimum atomic E-state index is -0.819. The van der Waals surface area contributed by atoms with E-state index in [4.69, 9.17) is 9.94 Å². The Labute approximate surface area is 220 Å². The van der Waals surface area contributed by atoms with Crippen molar-refractivity contribution in [2.24, 2.45) is 0 Å². The zero-order valence-corrected chi connectivity index (χ0v) is 22.8. The van der Waals surface area contributed by atoms with Gasteiger partial charge in [0.1, 0.15) is 0 Å². The molecule has 204 valence electrons. The summed E-state index contributed by atoms with van der Waals surface area (Å²) in [4.78, 5) is 27.9. The van der Waals surface area contributed by atoms with E-state index in [1.807, 2.05) is 24.3 Å². The summed E-state index contributed by atoms with van der Waals surface area (Å²) < 4.78 is 0. The Morgan fingerprint density at radius 3 is 1.89 bits per heavy atom. The molecule has 1 aromatic rings. The molecule has 0 aliphatic rings. The Morgan fingerprint density at radius 1 is 0.778 bits per heavy atom. The fraction of sp³-hybridized carbons (Fsp3) is 0.677. The number of hydrogen-bond donors (Lipinski definition) is 2. The Kier molecular flexibility index (Phi) is 20.9. The first-order valence-electron chi connectivity index (χ1n) is 14.5. The van der Waals surface area contributed by atoms with Gasteiger partial charge in [0.25, 0.3) is 0 Å². The minimum Gasteiger partial charge on any atom is -0.481 e. The van der Waals surface area contributed by atoms with E-state index < -0.39 is 5.97 Å². The first-order valence-corrected chi connectivity index (χ1v) is 14.5. The maximum atomic E-state index is 12.2. The first-order chi connectivity index (χ1) is 17.6. The number of nitrogens with one attached hydrogen (secondary N) is 1. The topological polar surface area (TPSA) is 75.6 Å². The van der Waals surface area contributed by atoms with Crippen molar-refractivity contribution < 1.29 is 19.5 Å². The van der Waals surface area contributed by atoms with Crippen LogP contribution in [-0.4, -0.2) is 30.0 Å². The molecule has 1 aromatic carbocycles. The van der Waals surface area contributed by atoms with Gasteiger partial charge in [0, 0.05) is 24.9 Å². The number of carboxylic acids is 1. The Bertz CT molecular complexity index is 699. The van der Waals surface area contributed by atoms with Crippen molar-refractivity contribution in [2.45, 2.75) is 122 Å². The molecule has 0 aromatic heterocycles. The van der Waals surface area contributed by atoms with Gasteiger partial charge in [0.2, 0.25) is 0 Å². The van der Waals surface area contributed by atoms with Gasteiger partial charge in [-0.05, 0) is 24.8 Å². The summed E-state index contributed by atoms with van der Waals surface area (Å²) in [5.74, 6) is -0.777. The lowest BCUT2D eigenvalue weighted by molar-refractivity contribution is -0.137. The van der Waals surface area contributed by atoms with Crippen LogP contribution >= 0.6 is 0 Å². The summed E-state index contributed by atoms with van der Waals surface area (Å²) in [6.07, 6.45) is 25.8. The average Bonchev–Trinajstić information content (AvgIpc) is 2.88. The summed E-state index contributed by atoms with van der Waals surface area (Å²) in [5.41, 5.74) is 4.50. The number of aliphatic carboxylic acids is 1.